The molecule has 30 heavy (non-hydrogen) atoms. The monoisotopic (exact) mass is 420 g/mol. The van der Waals surface area contributed by atoms with E-state index >= 15 is 0 Å². The number of hydrogen-bond donors (Lipinski definition) is 2. The van der Waals surface area contributed by atoms with E-state index in [0.717, 1.165) is 4.90 Å². The van der Waals surface area contributed by atoms with E-state index in [-0.39, 0.29) is 46.5 Å². The number of fused-ring (bicyclic) bond motifs is 1. The van der Waals surface area contributed by atoms with Crippen LogP contribution in [-0.2, 0) is 12.7 Å². The summed E-state index contributed by atoms with van der Waals surface area (Å²) < 4.78 is 47.0. The maximum Gasteiger partial charge on any atom is 0.450 e. The van der Waals surface area contributed by atoms with Crippen LogP contribution in [0.5, 0.6) is 5.75 Å². The van der Waals surface area contributed by atoms with Crippen LogP contribution in [0.25, 0.3) is 22.1 Å². The fourth-order valence-electron chi connectivity index (χ4n) is 3.82. The van der Waals surface area contributed by atoms with Crippen LogP contribution in [0.15, 0.2) is 51.7 Å². The van der Waals surface area contributed by atoms with Gasteiger partial charge in [-0.3, -0.25) is 4.79 Å². The van der Waals surface area contributed by atoms with Gasteiger partial charge in [-0.1, -0.05) is 30.3 Å². The van der Waals surface area contributed by atoms with Gasteiger partial charge < -0.3 is 14.4 Å². The van der Waals surface area contributed by atoms with E-state index in [0.29, 0.717) is 0 Å². The van der Waals surface area contributed by atoms with Crippen molar-refractivity contribution in [1.82, 2.24) is 0 Å². The van der Waals surface area contributed by atoms with Gasteiger partial charge in [0.2, 0.25) is 11.2 Å². The van der Waals surface area contributed by atoms with Crippen LogP contribution in [0.3, 0.4) is 0 Å². The molecule has 0 fully saturated rings. The van der Waals surface area contributed by atoms with E-state index < -0.39 is 22.9 Å². The fraction of sp³-hybridized carbons (Fsp3) is 0.348. The van der Waals surface area contributed by atoms with Gasteiger partial charge >= 0.3 is 6.18 Å². The number of nitrogens with one attached hydrogen (secondary N) is 1. The zero-order chi connectivity index (χ0) is 22.2. The van der Waals surface area contributed by atoms with Crippen LogP contribution in [0.2, 0.25) is 0 Å². The van der Waals surface area contributed by atoms with Crippen LogP contribution in [0.4, 0.5) is 13.2 Å². The molecular weight excluding hydrogens is 395 g/mol. The van der Waals surface area contributed by atoms with E-state index in [1.807, 2.05) is 27.7 Å². The van der Waals surface area contributed by atoms with Gasteiger partial charge in [0.1, 0.15) is 12.3 Å². The minimum atomic E-state index is -4.87. The number of quaternary nitrogens is 1. The quantitative estimate of drug-likeness (QED) is 0.644. The number of hydrogen-bond acceptors (Lipinski definition) is 3. The van der Waals surface area contributed by atoms with Crippen molar-refractivity contribution in [2.75, 3.05) is 0 Å². The van der Waals surface area contributed by atoms with Crippen LogP contribution in [0, 0.1) is 0 Å². The van der Waals surface area contributed by atoms with E-state index in [9.17, 15) is 23.1 Å². The first-order valence-electron chi connectivity index (χ1n) is 9.82. The summed E-state index contributed by atoms with van der Waals surface area (Å²) in [7, 11) is 0. The fourth-order valence-corrected chi connectivity index (χ4v) is 3.82. The number of benzene rings is 2. The van der Waals surface area contributed by atoms with Crippen molar-refractivity contribution < 1.29 is 27.6 Å². The normalized spacial score (nSPS) is 12.5. The largest absolute Gasteiger partial charge is 0.507 e. The zero-order valence-electron chi connectivity index (χ0n) is 17.3. The van der Waals surface area contributed by atoms with Gasteiger partial charge in [0, 0.05) is 0 Å². The number of phenols is 1. The van der Waals surface area contributed by atoms with Crippen LogP contribution in [-0.4, -0.2) is 17.2 Å². The second-order valence-corrected chi connectivity index (χ2v) is 8.00. The minimum Gasteiger partial charge on any atom is -0.507 e. The highest BCUT2D eigenvalue weighted by molar-refractivity contribution is 5.86. The molecule has 2 aromatic carbocycles. The van der Waals surface area contributed by atoms with Gasteiger partial charge in [-0.15, -0.1) is 0 Å². The smallest absolute Gasteiger partial charge is 0.450 e. The van der Waals surface area contributed by atoms with Crippen molar-refractivity contribution in [3.63, 3.8) is 0 Å². The summed E-state index contributed by atoms with van der Waals surface area (Å²) in [6, 6.07) is 10.6. The summed E-state index contributed by atoms with van der Waals surface area (Å²) in [5.41, 5.74) is -1.18. The average molecular weight is 420 g/mol. The lowest BCUT2D eigenvalue weighted by molar-refractivity contribution is -0.955. The molecule has 0 aliphatic carbocycles. The molecular formula is C23H25F3NO3+. The molecule has 0 aliphatic rings. The Morgan fingerprint density at radius 3 is 2.13 bits per heavy atom. The maximum atomic E-state index is 13.9. The second-order valence-electron chi connectivity index (χ2n) is 8.00. The highest BCUT2D eigenvalue weighted by Gasteiger charge is 2.40. The van der Waals surface area contributed by atoms with Gasteiger partial charge in [0.05, 0.1) is 28.6 Å². The van der Waals surface area contributed by atoms with Crippen molar-refractivity contribution >= 4 is 11.0 Å². The third-order valence-electron chi connectivity index (χ3n) is 5.32. The van der Waals surface area contributed by atoms with Crippen molar-refractivity contribution in [2.45, 2.75) is 52.5 Å². The molecule has 0 atom stereocenters. The third-order valence-corrected chi connectivity index (χ3v) is 5.32. The first kappa shape index (κ1) is 21.9. The van der Waals surface area contributed by atoms with Crippen molar-refractivity contribution in [3.8, 4) is 16.9 Å². The van der Waals surface area contributed by atoms with Gasteiger partial charge in [-0.25, -0.2) is 0 Å². The van der Waals surface area contributed by atoms with Gasteiger partial charge in [-0.2, -0.15) is 13.2 Å². The third kappa shape index (κ3) is 4.07. The molecule has 3 rings (SSSR count). The first-order valence-corrected chi connectivity index (χ1v) is 9.82. The van der Waals surface area contributed by atoms with Crippen molar-refractivity contribution in [2.24, 2.45) is 0 Å². The van der Waals surface area contributed by atoms with Gasteiger partial charge in [0.15, 0.2) is 5.58 Å². The maximum absolute atomic E-state index is 13.9. The summed E-state index contributed by atoms with van der Waals surface area (Å²) >= 11 is 0. The van der Waals surface area contributed by atoms with E-state index in [4.69, 9.17) is 4.42 Å². The highest BCUT2D eigenvalue weighted by Crippen LogP contribution is 2.38. The molecule has 160 valence electrons. The number of halogens is 3. The predicted octanol–water partition coefficient (Wildman–Crippen LogP) is 4.39. The molecule has 0 bridgehead atoms. The Bertz CT molecular complexity index is 1090. The van der Waals surface area contributed by atoms with E-state index in [1.165, 1.54) is 24.3 Å². The minimum absolute atomic E-state index is 0.0153. The number of phenolic OH excluding ortho intramolecular Hbond substituents is 1. The van der Waals surface area contributed by atoms with Crippen LogP contribution >= 0.6 is 0 Å². The lowest BCUT2D eigenvalue weighted by Gasteiger charge is -2.28. The number of aromatic hydroxyl groups is 1. The molecule has 1 aromatic heterocycles. The Kier molecular flexibility index (Phi) is 5.94. The zero-order valence-corrected chi connectivity index (χ0v) is 17.3. The number of alkyl halides is 3. The Hall–Kier alpha value is -2.80. The molecule has 2 N–H and O–H groups in total. The molecule has 0 saturated heterocycles. The molecule has 0 aliphatic heterocycles. The average Bonchev–Trinajstić information content (AvgIpc) is 2.66. The molecule has 7 heteroatoms. The predicted molar refractivity (Wildman–Crippen MR) is 110 cm³/mol. The second kappa shape index (κ2) is 8.14. The van der Waals surface area contributed by atoms with Crippen LogP contribution < -0.4 is 10.3 Å². The molecule has 0 unspecified atom stereocenters. The van der Waals surface area contributed by atoms with Crippen molar-refractivity contribution in [3.05, 3.63) is 64.0 Å². The van der Waals surface area contributed by atoms with E-state index in [2.05, 4.69) is 0 Å². The first-order chi connectivity index (χ1) is 14.0. The summed E-state index contributed by atoms with van der Waals surface area (Å²) in [6.07, 6.45) is -4.87. The summed E-state index contributed by atoms with van der Waals surface area (Å²) in [5.74, 6) is -1.54. The van der Waals surface area contributed by atoms with Gasteiger partial charge in [0.25, 0.3) is 0 Å². The summed E-state index contributed by atoms with van der Waals surface area (Å²) in [5, 5.41) is 10.5. The molecule has 1 heterocycles. The Labute approximate surface area is 172 Å². The lowest BCUT2D eigenvalue weighted by atomic mass is 10.00. The Morgan fingerprint density at radius 2 is 1.60 bits per heavy atom. The summed E-state index contributed by atoms with van der Waals surface area (Å²) in [4.78, 5) is 14.2. The topological polar surface area (TPSA) is 54.9 Å². The summed E-state index contributed by atoms with van der Waals surface area (Å²) in [6.45, 7) is 8.18. The SMILES string of the molecule is CC(C)[NH+](Cc1c(O)ccc2c(=O)c(-c3ccccc3)c(C(F)(F)F)oc12)C(C)C. The van der Waals surface area contributed by atoms with E-state index in [1.54, 1.807) is 18.2 Å². The molecule has 4 nitrogen and oxygen atoms in total. The van der Waals surface area contributed by atoms with Gasteiger partial charge in [-0.05, 0) is 45.4 Å². The number of rotatable bonds is 5. The highest BCUT2D eigenvalue weighted by atomic mass is 19.4. The molecule has 3 aromatic rings. The molecule has 0 saturated carbocycles. The molecule has 0 radical (unpaired) electrons. The standard InChI is InChI=1S/C23H24F3NO3/c1-13(2)27(14(3)4)12-17-18(28)11-10-16-20(29)19(15-8-6-5-7-9-15)22(23(24,25)26)30-21(16)17/h5-11,13-14,28H,12H2,1-4H3/p+1. The Balaban J connectivity index is 2.36. The molecule has 0 amide bonds. The Morgan fingerprint density at radius 1 is 1.00 bits per heavy atom. The molecule has 0 spiro atoms. The lowest BCUT2D eigenvalue weighted by Crippen LogP contribution is -3.16. The van der Waals surface area contributed by atoms with Crippen LogP contribution in [0.1, 0.15) is 39.0 Å². The van der Waals surface area contributed by atoms with Crippen molar-refractivity contribution in [1.29, 1.82) is 0 Å².